The van der Waals surface area contributed by atoms with Gasteiger partial charge in [-0.05, 0) is 39.8 Å². The number of amides is 1. The van der Waals surface area contributed by atoms with Crippen molar-refractivity contribution in [3.63, 3.8) is 0 Å². The molecular formula is C15H25N5O. The number of rotatable bonds is 6. The maximum Gasteiger partial charge on any atom is 0.271 e. The molecule has 0 aliphatic carbocycles. The SMILES string of the molecule is CCNc1cnc(C(=O)NC(C)CN2CCCCC2)cn1. The highest BCUT2D eigenvalue weighted by molar-refractivity contribution is 5.92. The van der Waals surface area contributed by atoms with Crippen LogP contribution in [-0.4, -0.2) is 53.0 Å². The average Bonchev–Trinajstić information content (AvgIpc) is 2.49. The van der Waals surface area contributed by atoms with E-state index in [2.05, 4.69) is 25.5 Å². The van der Waals surface area contributed by atoms with Crippen LogP contribution < -0.4 is 10.6 Å². The maximum atomic E-state index is 12.1. The second-order valence-electron chi connectivity index (χ2n) is 5.55. The predicted molar refractivity (Wildman–Crippen MR) is 83.4 cm³/mol. The molecule has 1 atom stereocenters. The Balaban J connectivity index is 1.82. The minimum Gasteiger partial charge on any atom is -0.369 e. The lowest BCUT2D eigenvalue weighted by molar-refractivity contribution is 0.0920. The van der Waals surface area contributed by atoms with Gasteiger partial charge in [-0.3, -0.25) is 4.79 Å². The van der Waals surface area contributed by atoms with Gasteiger partial charge in [-0.25, -0.2) is 9.97 Å². The van der Waals surface area contributed by atoms with Crippen molar-refractivity contribution in [2.24, 2.45) is 0 Å². The Morgan fingerprint density at radius 2 is 2.05 bits per heavy atom. The van der Waals surface area contributed by atoms with Crippen molar-refractivity contribution >= 4 is 11.7 Å². The van der Waals surface area contributed by atoms with Crippen LogP contribution in [0.3, 0.4) is 0 Å². The first kappa shape index (κ1) is 15.7. The molecule has 21 heavy (non-hydrogen) atoms. The Labute approximate surface area is 126 Å². The average molecular weight is 291 g/mol. The molecule has 1 aromatic rings. The molecule has 2 heterocycles. The van der Waals surface area contributed by atoms with Gasteiger partial charge >= 0.3 is 0 Å². The van der Waals surface area contributed by atoms with Crippen molar-refractivity contribution in [1.29, 1.82) is 0 Å². The number of nitrogens with one attached hydrogen (secondary N) is 2. The van der Waals surface area contributed by atoms with E-state index in [0.29, 0.717) is 11.5 Å². The number of anilines is 1. The van der Waals surface area contributed by atoms with Gasteiger partial charge in [0.25, 0.3) is 5.91 Å². The molecule has 0 bridgehead atoms. The third kappa shape index (κ3) is 4.97. The third-order valence-corrected chi connectivity index (χ3v) is 3.60. The van der Waals surface area contributed by atoms with Crippen LogP contribution in [0, 0.1) is 0 Å². The molecule has 2 N–H and O–H groups in total. The number of piperidine rings is 1. The third-order valence-electron chi connectivity index (χ3n) is 3.60. The van der Waals surface area contributed by atoms with E-state index in [9.17, 15) is 4.79 Å². The van der Waals surface area contributed by atoms with Crippen molar-refractivity contribution in [2.45, 2.75) is 39.2 Å². The lowest BCUT2D eigenvalue weighted by Crippen LogP contribution is -2.43. The molecule has 6 heteroatoms. The van der Waals surface area contributed by atoms with Crippen LogP contribution in [0.15, 0.2) is 12.4 Å². The largest absolute Gasteiger partial charge is 0.369 e. The summed E-state index contributed by atoms with van der Waals surface area (Å²) in [6.07, 6.45) is 6.95. The van der Waals surface area contributed by atoms with E-state index in [4.69, 9.17) is 0 Å². The second-order valence-corrected chi connectivity index (χ2v) is 5.55. The lowest BCUT2D eigenvalue weighted by atomic mass is 10.1. The number of hydrogen-bond donors (Lipinski definition) is 2. The molecule has 1 saturated heterocycles. The number of aromatic nitrogens is 2. The van der Waals surface area contributed by atoms with Gasteiger partial charge in [0.15, 0.2) is 0 Å². The Morgan fingerprint density at radius 3 is 2.67 bits per heavy atom. The fraction of sp³-hybridized carbons (Fsp3) is 0.667. The summed E-state index contributed by atoms with van der Waals surface area (Å²) in [6.45, 7) is 7.98. The molecule has 2 rings (SSSR count). The number of nitrogens with zero attached hydrogens (tertiary/aromatic N) is 3. The van der Waals surface area contributed by atoms with E-state index in [1.165, 1.54) is 25.5 Å². The molecule has 0 spiro atoms. The van der Waals surface area contributed by atoms with Crippen LogP contribution in [0.25, 0.3) is 0 Å². The molecular weight excluding hydrogens is 266 g/mol. The van der Waals surface area contributed by atoms with Crippen LogP contribution >= 0.6 is 0 Å². The Kier molecular flexibility index (Phi) is 5.92. The molecule has 6 nitrogen and oxygen atoms in total. The molecule has 1 amide bonds. The number of hydrogen-bond acceptors (Lipinski definition) is 5. The monoisotopic (exact) mass is 291 g/mol. The highest BCUT2D eigenvalue weighted by Crippen LogP contribution is 2.09. The first-order chi connectivity index (χ1) is 10.2. The summed E-state index contributed by atoms with van der Waals surface area (Å²) in [7, 11) is 0. The Hall–Kier alpha value is -1.69. The number of likely N-dealkylation sites (tertiary alicyclic amines) is 1. The zero-order valence-corrected chi connectivity index (χ0v) is 12.9. The maximum absolute atomic E-state index is 12.1. The molecule has 1 aromatic heterocycles. The Morgan fingerprint density at radius 1 is 1.29 bits per heavy atom. The first-order valence-electron chi connectivity index (χ1n) is 7.78. The standard InChI is InChI=1S/C15H25N5O/c1-3-16-14-10-17-13(9-18-14)15(21)19-12(2)11-20-7-5-4-6-8-20/h9-10,12H,3-8,11H2,1-2H3,(H,16,18)(H,19,21). The summed E-state index contributed by atoms with van der Waals surface area (Å²) in [5, 5.41) is 6.05. The summed E-state index contributed by atoms with van der Waals surface area (Å²) in [6, 6.07) is 0.117. The van der Waals surface area contributed by atoms with Crippen molar-refractivity contribution in [3.05, 3.63) is 18.1 Å². The summed E-state index contributed by atoms with van der Waals surface area (Å²) in [4.78, 5) is 22.8. The molecule has 1 unspecified atom stereocenters. The van der Waals surface area contributed by atoms with E-state index in [1.807, 2.05) is 13.8 Å². The first-order valence-corrected chi connectivity index (χ1v) is 7.78. The van der Waals surface area contributed by atoms with Crippen LogP contribution in [0.2, 0.25) is 0 Å². The van der Waals surface area contributed by atoms with E-state index in [0.717, 1.165) is 26.2 Å². The topological polar surface area (TPSA) is 70.2 Å². The molecule has 1 aliphatic heterocycles. The highest BCUT2D eigenvalue weighted by atomic mass is 16.1. The summed E-state index contributed by atoms with van der Waals surface area (Å²) in [5.74, 6) is 0.533. The quantitative estimate of drug-likeness (QED) is 0.831. The zero-order chi connectivity index (χ0) is 15.1. The molecule has 116 valence electrons. The van der Waals surface area contributed by atoms with Gasteiger partial charge < -0.3 is 15.5 Å². The van der Waals surface area contributed by atoms with Gasteiger partial charge in [-0.1, -0.05) is 6.42 Å². The summed E-state index contributed by atoms with van der Waals surface area (Å²) < 4.78 is 0. The van der Waals surface area contributed by atoms with Crippen LogP contribution in [0.4, 0.5) is 5.82 Å². The van der Waals surface area contributed by atoms with Gasteiger partial charge in [0.1, 0.15) is 11.5 Å². The van der Waals surface area contributed by atoms with Gasteiger partial charge in [0.05, 0.1) is 12.4 Å². The molecule has 0 aromatic carbocycles. The number of carbonyl (C=O) groups is 1. The molecule has 0 saturated carbocycles. The lowest BCUT2D eigenvalue weighted by Gasteiger charge is -2.29. The van der Waals surface area contributed by atoms with Gasteiger partial charge in [-0.15, -0.1) is 0 Å². The van der Waals surface area contributed by atoms with Crippen molar-refractivity contribution in [1.82, 2.24) is 20.2 Å². The fourth-order valence-corrected chi connectivity index (χ4v) is 2.59. The van der Waals surface area contributed by atoms with E-state index < -0.39 is 0 Å². The Bertz CT molecular complexity index is 442. The minimum absolute atomic E-state index is 0.117. The number of carbonyl (C=O) groups excluding carboxylic acids is 1. The molecule has 0 radical (unpaired) electrons. The molecule has 1 fully saturated rings. The van der Waals surface area contributed by atoms with Crippen LogP contribution in [0.5, 0.6) is 0 Å². The van der Waals surface area contributed by atoms with Crippen molar-refractivity contribution in [3.8, 4) is 0 Å². The minimum atomic E-state index is -0.157. The fourth-order valence-electron chi connectivity index (χ4n) is 2.59. The summed E-state index contributed by atoms with van der Waals surface area (Å²) in [5.41, 5.74) is 0.363. The van der Waals surface area contributed by atoms with Crippen LogP contribution in [0.1, 0.15) is 43.6 Å². The van der Waals surface area contributed by atoms with E-state index >= 15 is 0 Å². The van der Waals surface area contributed by atoms with Crippen molar-refractivity contribution < 1.29 is 4.79 Å². The predicted octanol–water partition coefficient (Wildman–Crippen LogP) is 1.51. The zero-order valence-electron chi connectivity index (χ0n) is 12.9. The highest BCUT2D eigenvalue weighted by Gasteiger charge is 2.16. The van der Waals surface area contributed by atoms with E-state index in [1.54, 1.807) is 6.20 Å². The van der Waals surface area contributed by atoms with Gasteiger partial charge in [-0.2, -0.15) is 0 Å². The van der Waals surface area contributed by atoms with Crippen molar-refractivity contribution in [2.75, 3.05) is 31.5 Å². The smallest absolute Gasteiger partial charge is 0.271 e. The normalized spacial score (nSPS) is 17.2. The summed E-state index contributed by atoms with van der Waals surface area (Å²) >= 11 is 0. The molecule has 1 aliphatic rings. The second kappa shape index (κ2) is 7.93. The van der Waals surface area contributed by atoms with Crippen LogP contribution in [-0.2, 0) is 0 Å². The van der Waals surface area contributed by atoms with Gasteiger partial charge in [0, 0.05) is 19.1 Å². The van der Waals surface area contributed by atoms with E-state index in [-0.39, 0.29) is 11.9 Å². The van der Waals surface area contributed by atoms with Gasteiger partial charge in [0.2, 0.25) is 0 Å².